The Morgan fingerprint density at radius 1 is 0.826 bits per heavy atom. The lowest BCUT2D eigenvalue weighted by molar-refractivity contribution is -0.0278. The van der Waals surface area contributed by atoms with Crippen molar-refractivity contribution in [2.24, 2.45) is 0 Å². The Morgan fingerprint density at radius 2 is 1.39 bits per heavy atom. The van der Waals surface area contributed by atoms with Gasteiger partial charge in [0.1, 0.15) is 18.2 Å². The molecule has 3 nitrogen and oxygen atoms in total. The van der Waals surface area contributed by atoms with Gasteiger partial charge in [-0.1, -0.05) is 52.0 Å². The van der Waals surface area contributed by atoms with Gasteiger partial charge in [-0.05, 0) is 35.1 Å². The van der Waals surface area contributed by atoms with Crippen LogP contribution in [0.5, 0.6) is 0 Å². The van der Waals surface area contributed by atoms with Crippen LogP contribution in [-0.2, 0) is 9.47 Å². The van der Waals surface area contributed by atoms with E-state index in [9.17, 15) is 0 Å². The number of hydrogen-bond acceptors (Lipinski definition) is 3. The van der Waals surface area contributed by atoms with Gasteiger partial charge in [0.25, 0.3) is 6.29 Å². The fourth-order valence-electron chi connectivity index (χ4n) is 2.95. The number of aromatic nitrogens is 1. The number of hydrogen-bond donors (Lipinski definition) is 0. The van der Waals surface area contributed by atoms with Crippen molar-refractivity contribution in [1.29, 1.82) is 0 Å². The number of benzene rings is 1. The van der Waals surface area contributed by atoms with Crippen LogP contribution in [0, 0.1) is 0 Å². The Balaban J connectivity index is 2.12. The molecule has 2 heterocycles. The van der Waals surface area contributed by atoms with E-state index >= 15 is 0 Å². The molecular formula is C20H23NO2. The first-order valence-corrected chi connectivity index (χ1v) is 8.14. The zero-order chi connectivity index (χ0) is 16.4. The third kappa shape index (κ3) is 3.09. The molecule has 2 aromatic rings. The van der Waals surface area contributed by atoms with Crippen LogP contribution in [0.15, 0.2) is 48.9 Å². The van der Waals surface area contributed by atoms with Gasteiger partial charge in [0, 0.05) is 5.56 Å². The van der Waals surface area contributed by atoms with Crippen LogP contribution in [0.4, 0.5) is 0 Å². The van der Waals surface area contributed by atoms with Crippen LogP contribution in [0.3, 0.4) is 0 Å². The highest BCUT2D eigenvalue weighted by Crippen LogP contribution is 2.36. The molecule has 0 aliphatic carbocycles. The molecule has 120 valence electrons. The standard InChI is InChI=1S/C20H23NO2/c1-13(2)15-7-5-8-16(14(3)4)19(15)17-9-6-10-18(21-17)20-22-11-12-23-20/h5-14,20H,1-4H3. The normalized spacial score (nSPS) is 14.3. The van der Waals surface area contributed by atoms with Crippen molar-refractivity contribution in [3.8, 4) is 11.3 Å². The quantitative estimate of drug-likeness (QED) is 0.746. The third-order valence-corrected chi connectivity index (χ3v) is 4.10. The molecule has 23 heavy (non-hydrogen) atoms. The summed E-state index contributed by atoms with van der Waals surface area (Å²) >= 11 is 0. The lowest BCUT2D eigenvalue weighted by atomic mass is 9.87. The Kier molecular flexibility index (Phi) is 4.37. The van der Waals surface area contributed by atoms with E-state index in [1.807, 2.05) is 12.1 Å². The summed E-state index contributed by atoms with van der Waals surface area (Å²) in [6.07, 6.45) is 2.67. The number of pyridine rings is 1. The molecule has 0 saturated heterocycles. The zero-order valence-corrected chi connectivity index (χ0v) is 14.1. The molecule has 0 radical (unpaired) electrons. The summed E-state index contributed by atoms with van der Waals surface area (Å²) in [5, 5.41) is 0. The first-order chi connectivity index (χ1) is 11.1. The molecule has 0 fully saturated rings. The van der Waals surface area contributed by atoms with E-state index in [0.29, 0.717) is 11.8 Å². The summed E-state index contributed by atoms with van der Waals surface area (Å²) in [4.78, 5) is 4.82. The van der Waals surface area contributed by atoms with Gasteiger partial charge in [-0.25, -0.2) is 4.98 Å². The maximum Gasteiger partial charge on any atom is 0.283 e. The van der Waals surface area contributed by atoms with Crippen molar-refractivity contribution in [3.05, 3.63) is 65.7 Å². The van der Waals surface area contributed by atoms with Crippen molar-refractivity contribution in [3.63, 3.8) is 0 Å². The average Bonchev–Trinajstić information content (AvgIpc) is 3.08. The Morgan fingerprint density at radius 3 is 1.96 bits per heavy atom. The van der Waals surface area contributed by atoms with Crippen molar-refractivity contribution in [2.45, 2.75) is 45.8 Å². The minimum atomic E-state index is -0.441. The molecule has 3 heteroatoms. The SMILES string of the molecule is CC(C)c1cccc(C(C)C)c1-c1cccc(C2OC=CO2)n1. The molecular weight excluding hydrogens is 286 g/mol. The molecule has 1 aromatic heterocycles. The summed E-state index contributed by atoms with van der Waals surface area (Å²) < 4.78 is 10.8. The molecule has 1 aliphatic rings. The minimum Gasteiger partial charge on any atom is -0.454 e. The topological polar surface area (TPSA) is 31.4 Å². The lowest BCUT2D eigenvalue weighted by Gasteiger charge is -2.20. The highest BCUT2D eigenvalue weighted by atomic mass is 16.7. The van der Waals surface area contributed by atoms with E-state index in [4.69, 9.17) is 14.5 Å². The highest BCUT2D eigenvalue weighted by Gasteiger charge is 2.20. The maximum absolute atomic E-state index is 5.42. The molecule has 0 spiro atoms. The summed E-state index contributed by atoms with van der Waals surface area (Å²) in [6, 6.07) is 12.6. The number of nitrogens with zero attached hydrogens (tertiary/aromatic N) is 1. The van der Waals surface area contributed by atoms with Crippen molar-refractivity contribution < 1.29 is 9.47 Å². The van der Waals surface area contributed by atoms with Gasteiger partial charge >= 0.3 is 0 Å². The van der Waals surface area contributed by atoms with Crippen LogP contribution >= 0.6 is 0 Å². The van der Waals surface area contributed by atoms with Crippen LogP contribution in [0.25, 0.3) is 11.3 Å². The van der Waals surface area contributed by atoms with Crippen molar-refractivity contribution >= 4 is 0 Å². The summed E-state index contributed by atoms with van der Waals surface area (Å²) in [7, 11) is 0. The first-order valence-electron chi connectivity index (χ1n) is 8.14. The highest BCUT2D eigenvalue weighted by molar-refractivity contribution is 5.69. The lowest BCUT2D eigenvalue weighted by Crippen LogP contribution is -2.05. The predicted molar refractivity (Wildman–Crippen MR) is 91.9 cm³/mol. The van der Waals surface area contributed by atoms with Gasteiger partial charge in [0.05, 0.1) is 5.69 Å². The zero-order valence-electron chi connectivity index (χ0n) is 14.1. The van der Waals surface area contributed by atoms with Crippen molar-refractivity contribution in [1.82, 2.24) is 4.98 Å². The molecule has 1 aromatic carbocycles. The first kappa shape index (κ1) is 15.6. The van der Waals surface area contributed by atoms with Gasteiger partial charge in [0.15, 0.2) is 0 Å². The fraction of sp³-hybridized carbons (Fsp3) is 0.350. The summed E-state index contributed by atoms with van der Waals surface area (Å²) in [5.41, 5.74) is 5.67. The van der Waals surface area contributed by atoms with E-state index < -0.39 is 6.29 Å². The molecule has 0 amide bonds. The van der Waals surface area contributed by atoms with Gasteiger partial charge in [-0.3, -0.25) is 0 Å². The van der Waals surface area contributed by atoms with E-state index in [1.165, 1.54) is 16.7 Å². The van der Waals surface area contributed by atoms with Crippen LogP contribution < -0.4 is 0 Å². The molecule has 1 aliphatic heterocycles. The second-order valence-electron chi connectivity index (χ2n) is 6.44. The minimum absolute atomic E-state index is 0.440. The van der Waals surface area contributed by atoms with Gasteiger partial charge in [0.2, 0.25) is 0 Å². The molecule has 0 atom stereocenters. The van der Waals surface area contributed by atoms with E-state index in [-0.39, 0.29) is 0 Å². The monoisotopic (exact) mass is 309 g/mol. The molecule has 0 unspecified atom stereocenters. The van der Waals surface area contributed by atoms with E-state index in [2.05, 4.69) is 52.0 Å². The molecule has 0 saturated carbocycles. The fourth-order valence-corrected chi connectivity index (χ4v) is 2.95. The van der Waals surface area contributed by atoms with Crippen LogP contribution in [0.2, 0.25) is 0 Å². The van der Waals surface area contributed by atoms with E-state index in [0.717, 1.165) is 11.4 Å². The molecule has 0 N–H and O–H groups in total. The number of ether oxygens (including phenoxy) is 2. The van der Waals surface area contributed by atoms with Gasteiger partial charge in [-0.2, -0.15) is 0 Å². The van der Waals surface area contributed by atoms with Gasteiger partial charge in [-0.15, -0.1) is 0 Å². The Labute approximate surface area is 138 Å². The predicted octanol–water partition coefficient (Wildman–Crippen LogP) is 5.51. The van der Waals surface area contributed by atoms with E-state index in [1.54, 1.807) is 12.5 Å². The summed E-state index contributed by atoms with van der Waals surface area (Å²) in [5.74, 6) is 0.879. The number of rotatable bonds is 4. The van der Waals surface area contributed by atoms with Crippen LogP contribution in [-0.4, -0.2) is 4.98 Å². The Bertz CT molecular complexity index is 685. The molecule has 3 rings (SSSR count). The summed E-state index contributed by atoms with van der Waals surface area (Å²) in [6.45, 7) is 8.89. The molecule has 0 bridgehead atoms. The van der Waals surface area contributed by atoms with Gasteiger partial charge < -0.3 is 9.47 Å². The second kappa shape index (κ2) is 6.45. The Hall–Kier alpha value is -2.29. The smallest absolute Gasteiger partial charge is 0.283 e. The average molecular weight is 309 g/mol. The maximum atomic E-state index is 5.42. The van der Waals surface area contributed by atoms with Crippen molar-refractivity contribution in [2.75, 3.05) is 0 Å². The van der Waals surface area contributed by atoms with Crippen LogP contribution in [0.1, 0.15) is 62.6 Å². The third-order valence-electron chi connectivity index (χ3n) is 4.10. The largest absolute Gasteiger partial charge is 0.454 e. The second-order valence-corrected chi connectivity index (χ2v) is 6.44.